The molecule has 0 atom stereocenters. The lowest BCUT2D eigenvalue weighted by Crippen LogP contribution is -2.45. The van der Waals surface area contributed by atoms with Gasteiger partial charge in [0.25, 0.3) is 0 Å². The van der Waals surface area contributed by atoms with Crippen LogP contribution in [0.5, 0.6) is 0 Å². The number of guanidine groups is 1. The van der Waals surface area contributed by atoms with Crippen molar-refractivity contribution in [2.45, 2.75) is 39.2 Å². The van der Waals surface area contributed by atoms with Crippen molar-refractivity contribution < 1.29 is 4.79 Å². The van der Waals surface area contributed by atoms with Crippen molar-refractivity contribution in [2.24, 2.45) is 16.6 Å². The summed E-state index contributed by atoms with van der Waals surface area (Å²) in [6.07, 6.45) is 3.32. The van der Waals surface area contributed by atoms with Crippen molar-refractivity contribution in [1.82, 2.24) is 9.80 Å². The molecule has 28 heavy (non-hydrogen) atoms. The molecule has 0 bridgehead atoms. The molecule has 0 radical (unpaired) electrons. The van der Waals surface area contributed by atoms with Gasteiger partial charge in [-0.25, -0.2) is 4.99 Å². The lowest BCUT2D eigenvalue weighted by atomic mass is 9.86. The van der Waals surface area contributed by atoms with Crippen LogP contribution < -0.4 is 5.73 Å². The average Bonchev–Trinajstić information content (AvgIpc) is 2.64. The second kappa shape index (κ2) is 8.92. The Balaban J connectivity index is 2.17. The van der Waals surface area contributed by atoms with Crippen LogP contribution in [-0.2, 0) is 4.79 Å². The van der Waals surface area contributed by atoms with Gasteiger partial charge in [0, 0.05) is 44.9 Å². The molecular formula is C22H31N5O. The maximum atomic E-state index is 13.3. The number of allylic oxidation sites excluding steroid dienone is 1. The highest BCUT2D eigenvalue weighted by Crippen LogP contribution is 2.27. The van der Waals surface area contributed by atoms with Gasteiger partial charge in [-0.1, -0.05) is 12.1 Å². The Kier molecular flexibility index (Phi) is 6.85. The summed E-state index contributed by atoms with van der Waals surface area (Å²) in [5.74, 6) is 0.606. The molecule has 150 valence electrons. The van der Waals surface area contributed by atoms with Crippen LogP contribution in [0.2, 0.25) is 0 Å². The zero-order valence-corrected chi connectivity index (χ0v) is 17.6. The van der Waals surface area contributed by atoms with Gasteiger partial charge in [-0.3, -0.25) is 4.79 Å². The first kappa shape index (κ1) is 21.5. The Hall–Kier alpha value is -2.81. The van der Waals surface area contributed by atoms with Crippen LogP contribution in [-0.4, -0.2) is 54.3 Å². The smallest absolute Gasteiger partial charge is 0.191 e. The number of rotatable bonds is 4. The number of benzene rings is 1. The van der Waals surface area contributed by atoms with Crippen LogP contribution in [0.4, 0.5) is 0 Å². The predicted octanol–water partition coefficient (Wildman–Crippen LogP) is 2.86. The topological polar surface area (TPSA) is 85.7 Å². The number of likely N-dealkylation sites (tertiary alicyclic amines) is 1. The zero-order valence-electron chi connectivity index (χ0n) is 17.6. The third-order valence-electron chi connectivity index (χ3n) is 4.60. The first-order valence-electron chi connectivity index (χ1n) is 9.64. The Morgan fingerprint density at radius 3 is 2.50 bits per heavy atom. The molecule has 0 unspecified atom stereocenters. The van der Waals surface area contributed by atoms with Gasteiger partial charge in [-0.15, -0.1) is 0 Å². The Bertz CT molecular complexity index is 803. The zero-order chi connectivity index (χ0) is 20.9. The Morgan fingerprint density at radius 1 is 1.32 bits per heavy atom. The normalized spacial score (nSPS) is 16.6. The van der Waals surface area contributed by atoms with Crippen LogP contribution >= 0.6 is 0 Å². The molecule has 6 heteroatoms. The molecule has 1 fully saturated rings. The maximum Gasteiger partial charge on any atom is 0.191 e. The minimum atomic E-state index is -0.218. The monoisotopic (exact) mass is 381 g/mol. The molecule has 2 rings (SSSR count). The van der Waals surface area contributed by atoms with Crippen LogP contribution in [0.3, 0.4) is 0 Å². The molecule has 0 aliphatic carbocycles. The van der Waals surface area contributed by atoms with E-state index in [-0.39, 0.29) is 17.2 Å². The lowest BCUT2D eigenvalue weighted by Gasteiger charge is -2.33. The number of nitrogens with two attached hydrogens (primary N) is 1. The molecule has 2 N–H and O–H groups in total. The molecule has 1 aromatic rings. The number of ketones is 1. The summed E-state index contributed by atoms with van der Waals surface area (Å²) < 4.78 is 0. The predicted molar refractivity (Wildman–Crippen MR) is 114 cm³/mol. The van der Waals surface area contributed by atoms with Crippen molar-refractivity contribution in [3.8, 4) is 6.07 Å². The van der Waals surface area contributed by atoms with Gasteiger partial charge < -0.3 is 15.5 Å². The summed E-state index contributed by atoms with van der Waals surface area (Å²) in [5.41, 5.74) is 7.92. The molecule has 1 aliphatic heterocycles. The van der Waals surface area contributed by atoms with Gasteiger partial charge in [0.15, 0.2) is 11.7 Å². The number of nitrogens with zero attached hydrogens (tertiary/aromatic N) is 4. The van der Waals surface area contributed by atoms with E-state index < -0.39 is 0 Å². The van der Waals surface area contributed by atoms with Gasteiger partial charge in [-0.2, -0.15) is 5.26 Å². The maximum absolute atomic E-state index is 13.3. The number of carbonyl (C=O) groups is 1. The second-order valence-corrected chi connectivity index (χ2v) is 8.47. The molecule has 0 amide bonds. The first-order valence-corrected chi connectivity index (χ1v) is 9.64. The van der Waals surface area contributed by atoms with Crippen LogP contribution in [0.1, 0.15) is 44.7 Å². The first-order chi connectivity index (χ1) is 13.1. The van der Waals surface area contributed by atoms with Crippen molar-refractivity contribution in [1.29, 1.82) is 5.26 Å². The Morgan fingerprint density at radius 2 is 1.96 bits per heavy atom. The molecule has 1 heterocycles. The lowest BCUT2D eigenvalue weighted by molar-refractivity contribution is -0.118. The van der Waals surface area contributed by atoms with Gasteiger partial charge in [-0.05, 0) is 51.3 Å². The van der Waals surface area contributed by atoms with Crippen molar-refractivity contribution in [2.75, 3.05) is 27.2 Å². The minimum absolute atomic E-state index is 0.0596. The third-order valence-corrected chi connectivity index (χ3v) is 4.60. The molecule has 0 saturated carbocycles. The van der Waals surface area contributed by atoms with Gasteiger partial charge >= 0.3 is 0 Å². The Labute approximate surface area is 168 Å². The third kappa shape index (κ3) is 5.85. The molecular weight excluding hydrogens is 350 g/mol. The summed E-state index contributed by atoms with van der Waals surface area (Å²) in [4.78, 5) is 21.7. The number of nitriles is 1. The summed E-state index contributed by atoms with van der Waals surface area (Å²) >= 11 is 0. The van der Waals surface area contributed by atoms with Gasteiger partial charge in [0.05, 0.1) is 17.2 Å². The molecule has 6 nitrogen and oxygen atoms in total. The summed E-state index contributed by atoms with van der Waals surface area (Å²) in [6.45, 7) is 7.49. The van der Waals surface area contributed by atoms with Crippen molar-refractivity contribution in [3.05, 3.63) is 41.6 Å². The SMILES string of the molecule is CN(C)/C=C(/C(=O)C1CCN(C(N)=NC(C)(C)C)CC1)c1cccc(C#N)c1. The highest BCUT2D eigenvalue weighted by molar-refractivity contribution is 6.21. The van der Waals surface area contributed by atoms with E-state index in [4.69, 9.17) is 5.73 Å². The number of aliphatic imine (C=N–C) groups is 1. The number of piperidine rings is 1. The average molecular weight is 382 g/mol. The number of Topliss-reactive ketones (excluding diaryl/α,β-unsaturated/α-hetero) is 1. The van der Waals surface area contributed by atoms with Crippen molar-refractivity contribution in [3.63, 3.8) is 0 Å². The van der Waals surface area contributed by atoms with Crippen LogP contribution in [0.25, 0.3) is 5.57 Å². The second-order valence-electron chi connectivity index (χ2n) is 8.47. The fourth-order valence-corrected chi connectivity index (χ4v) is 3.30. The van der Waals surface area contributed by atoms with E-state index in [2.05, 4.69) is 16.0 Å². The standard InChI is InChI=1S/C22H31N5O/c1-22(2,3)25-21(24)27-11-9-17(10-12-27)20(28)19(15-26(4)5)18-8-6-7-16(13-18)14-23/h6-8,13,15,17H,9-12H2,1-5H3,(H2,24,25)/b19-15+. The molecule has 1 aliphatic rings. The van der Waals surface area contributed by atoms with E-state index in [9.17, 15) is 10.1 Å². The molecule has 0 spiro atoms. The fourth-order valence-electron chi connectivity index (χ4n) is 3.30. The van der Waals surface area contributed by atoms with Gasteiger partial charge in [0.2, 0.25) is 0 Å². The van der Waals surface area contributed by atoms with E-state index in [0.717, 1.165) is 31.5 Å². The summed E-state index contributed by atoms with van der Waals surface area (Å²) in [7, 11) is 3.79. The van der Waals surface area contributed by atoms with E-state index in [0.29, 0.717) is 17.1 Å². The quantitative estimate of drug-likeness (QED) is 0.492. The summed E-state index contributed by atoms with van der Waals surface area (Å²) in [6, 6.07) is 9.37. The minimum Gasteiger partial charge on any atom is -0.383 e. The molecule has 0 aromatic heterocycles. The molecule has 1 aromatic carbocycles. The largest absolute Gasteiger partial charge is 0.383 e. The fraction of sp³-hybridized carbons (Fsp3) is 0.500. The van der Waals surface area contributed by atoms with E-state index >= 15 is 0 Å². The molecule has 1 saturated heterocycles. The van der Waals surface area contributed by atoms with Crippen molar-refractivity contribution >= 4 is 17.3 Å². The number of hydrogen-bond acceptors (Lipinski definition) is 4. The highest BCUT2D eigenvalue weighted by atomic mass is 16.1. The van der Waals surface area contributed by atoms with Crippen LogP contribution in [0.15, 0.2) is 35.5 Å². The number of hydrogen-bond donors (Lipinski definition) is 1. The van der Waals surface area contributed by atoms with E-state index in [1.54, 1.807) is 12.1 Å². The van der Waals surface area contributed by atoms with Gasteiger partial charge in [0.1, 0.15) is 0 Å². The van der Waals surface area contributed by atoms with Crippen LogP contribution in [0, 0.1) is 17.2 Å². The van der Waals surface area contributed by atoms with E-state index in [1.807, 2.05) is 58.1 Å². The highest BCUT2D eigenvalue weighted by Gasteiger charge is 2.29. The van der Waals surface area contributed by atoms with E-state index in [1.165, 1.54) is 0 Å². The summed E-state index contributed by atoms with van der Waals surface area (Å²) in [5, 5.41) is 9.18. The number of carbonyl (C=O) groups excluding carboxylic acids is 1.